The van der Waals surface area contributed by atoms with E-state index in [-0.39, 0.29) is 90.8 Å². The number of alkyl carbamates (subject to hydrolysis) is 2. The van der Waals surface area contributed by atoms with E-state index >= 15 is 0 Å². The molecule has 4 aromatic carbocycles. The molecule has 0 saturated carbocycles. The number of rotatable bonds is 26. The van der Waals surface area contributed by atoms with Crippen LogP contribution in [0.3, 0.4) is 0 Å². The summed E-state index contributed by atoms with van der Waals surface area (Å²) in [6.07, 6.45) is -1.04. The van der Waals surface area contributed by atoms with Gasteiger partial charge in [-0.1, -0.05) is 97.1 Å². The number of benzene rings is 4. The topological polar surface area (TPSA) is 337 Å². The molecule has 4 atom stereocenters. The number of thiazole rings is 2. The predicted molar refractivity (Wildman–Crippen MR) is 321 cm³/mol. The number of Topliss-reactive ketones (excluding diaryl/α,β-unsaturated/α-hetero) is 2. The molecule has 22 nitrogen and oxygen atoms in total. The van der Waals surface area contributed by atoms with Gasteiger partial charge in [0.1, 0.15) is 22.1 Å². The molecule has 8 rings (SSSR count). The molecule has 4 heterocycles. The van der Waals surface area contributed by atoms with Crippen LogP contribution in [0.2, 0.25) is 0 Å². The SMILES string of the molecule is COC(=O)N[C@@H](Cc1ccccc1)C(=O)N[C@H](Cc1ccc(NS(=O)(=O)O)cc1)C(=O)Cc1csc(-c2cccs2)n1.COC(=O)N[C@@H](Cc1ccccc1)C(=O)N[C@H](Cc1ccc(N[S-](=O)=O)cc1)C(=O)Cc1csc(-c2cccs2)n1.[Na+].[OH-]. The summed E-state index contributed by atoms with van der Waals surface area (Å²) in [5.74, 6) is -1.69. The molecule has 442 valence electrons. The molecule has 0 spiro atoms. The van der Waals surface area contributed by atoms with E-state index in [9.17, 15) is 45.6 Å². The molecule has 0 bridgehead atoms. The summed E-state index contributed by atoms with van der Waals surface area (Å²) in [5, 5.41) is 19.8. The van der Waals surface area contributed by atoms with Crippen LogP contribution in [0, 0.1) is 0 Å². The third-order valence-corrected chi connectivity index (χ3v) is 16.8. The first-order valence-electron chi connectivity index (χ1n) is 25.1. The molecule has 0 aliphatic heterocycles. The molecule has 0 fully saturated rings. The fraction of sp³-hybridized carbons (Fsp3) is 0.214. The van der Waals surface area contributed by atoms with Crippen molar-refractivity contribution >= 4 is 113 Å². The fourth-order valence-electron chi connectivity index (χ4n) is 8.10. The minimum Gasteiger partial charge on any atom is -0.870 e. The van der Waals surface area contributed by atoms with Crippen LogP contribution in [0.15, 0.2) is 155 Å². The van der Waals surface area contributed by atoms with Crippen molar-refractivity contribution in [2.75, 3.05) is 23.7 Å². The van der Waals surface area contributed by atoms with Crippen molar-refractivity contribution in [2.24, 2.45) is 0 Å². The number of nitrogens with zero attached hydrogens (tertiary/aromatic N) is 2. The molecule has 85 heavy (non-hydrogen) atoms. The molecule has 29 heteroatoms. The minimum absolute atomic E-state index is 0. The van der Waals surface area contributed by atoms with Crippen molar-refractivity contribution in [2.45, 2.75) is 62.7 Å². The van der Waals surface area contributed by atoms with Gasteiger partial charge in [0.15, 0.2) is 11.6 Å². The van der Waals surface area contributed by atoms with Gasteiger partial charge >= 0.3 is 52.0 Å². The van der Waals surface area contributed by atoms with Gasteiger partial charge in [-0.2, -0.15) is 8.42 Å². The summed E-state index contributed by atoms with van der Waals surface area (Å²) in [4.78, 5) is 89.3. The van der Waals surface area contributed by atoms with Crippen molar-refractivity contribution in [3.63, 3.8) is 0 Å². The fourth-order valence-corrected chi connectivity index (χ4v) is 12.1. The van der Waals surface area contributed by atoms with E-state index in [2.05, 4.69) is 36.0 Å². The summed E-state index contributed by atoms with van der Waals surface area (Å²) < 4.78 is 66.8. The van der Waals surface area contributed by atoms with E-state index in [1.165, 1.54) is 49.0 Å². The maximum Gasteiger partial charge on any atom is 1.00 e. The normalized spacial score (nSPS) is 12.2. The third kappa shape index (κ3) is 22.6. The number of thiophene rings is 2. The van der Waals surface area contributed by atoms with Gasteiger partial charge in [0, 0.05) is 40.2 Å². The van der Waals surface area contributed by atoms with Gasteiger partial charge in [-0.15, -0.1) is 45.3 Å². The van der Waals surface area contributed by atoms with Crippen molar-refractivity contribution in [1.29, 1.82) is 0 Å². The Hall–Kier alpha value is -7.22. The number of hydrogen-bond donors (Lipinski definition) is 7. The number of ether oxygens (including phenoxy) is 2. The van der Waals surface area contributed by atoms with Crippen LogP contribution in [-0.2, 0) is 96.8 Å². The summed E-state index contributed by atoms with van der Waals surface area (Å²) in [7, 11) is -4.52. The van der Waals surface area contributed by atoms with Crippen molar-refractivity contribution in [3.8, 4) is 19.8 Å². The van der Waals surface area contributed by atoms with Crippen LogP contribution in [0.4, 0.5) is 21.0 Å². The maximum absolute atomic E-state index is 13.6. The Kier molecular flexibility index (Phi) is 27.5. The smallest absolute Gasteiger partial charge is 0.870 e. The first kappa shape index (κ1) is 68.6. The molecule has 4 aromatic heterocycles. The van der Waals surface area contributed by atoms with Crippen LogP contribution in [0.1, 0.15) is 33.6 Å². The second-order valence-electron chi connectivity index (χ2n) is 18.1. The van der Waals surface area contributed by atoms with Gasteiger partial charge in [-0.05, 0) is 82.3 Å². The quantitative estimate of drug-likeness (QED) is 0.0212. The molecule has 8 N–H and O–H groups in total. The molecular weight excluding hydrogens is 1220 g/mol. The number of methoxy groups -OCH3 is 2. The standard InChI is InChI=1S/C28H28N4O7S3.C28H27N4O6S3.Na.H2O/c1-39-28(35)31-23(15-18-6-3-2-4-7-18)26(34)30-22(14-19-9-11-20(12-10-19)32-42(36,37)38)24(33)16-21-17-41-27(29-21)25-8-5-13-40-25;1-38-28(35)31-23(15-18-6-3-2-4-7-18)26(34)30-22(14-19-9-11-20(12-10-19)32-41(36)37)24(33)16-21-17-40-27(29-21)25-8-5-13-39-25;;/h2-13,17,22-23,32H,14-16H2,1H3,(H,30,34)(H,31,35)(H,36,37,38);2-13,17,22-23H,14-16H2,1H3,(H,30,34)(H,31,35)(H,32,36,37);;1H2/q;-1;+1;/p-1/t2*22-,23+;;/m11../s1. The molecule has 0 saturated heterocycles. The van der Waals surface area contributed by atoms with Gasteiger partial charge in [-0.25, -0.2) is 19.6 Å². The van der Waals surface area contributed by atoms with E-state index in [0.717, 1.165) is 30.9 Å². The van der Waals surface area contributed by atoms with Crippen LogP contribution >= 0.6 is 45.3 Å². The summed E-state index contributed by atoms with van der Waals surface area (Å²) >= 11 is 5.96. The zero-order valence-corrected chi connectivity index (χ0v) is 52.6. The number of nitrogens with one attached hydrogen (secondary N) is 6. The Morgan fingerprint density at radius 3 is 1.25 bits per heavy atom. The monoisotopic (exact) mass is 1280 g/mol. The Labute approximate surface area is 529 Å². The molecule has 0 radical (unpaired) electrons. The zero-order chi connectivity index (χ0) is 59.3. The van der Waals surface area contributed by atoms with E-state index in [4.69, 9.17) is 14.0 Å². The summed E-state index contributed by atoms with van der Waals surface area (Å²) in [6.45, 7) is 0. The molecule has 4 amide bonds. The van der Waals surface area contributed by atoms with Crippen LogP contribution < -0.4 is 60.3 Å². The maximum atomic E-state index is 13.6. The predicted octanol–water partition coefficient (Wildman–Crippen LogP) is 5.03. The first-order valence-corrected chi connectivity index (χ1v) is 31.1. The van der Waals surface area contributed by atoms with E-state index in [1.54, 1.807) is 64.5 Å². The van der Waals surface area contributed by atoms with Crippen molar-refractivity contribution < 1.29 is 94.7 Å². The number of carbonyl (C=O) groups excluding carboxylic acids is 6. The molecule has 0 unspecified atom stereocenters. The van der Waals surface area contributed by atoms with E-state index in [0.29, 0.717) is 28.2 Å². The van der Waals surface area contributed by atoms with Crippen LogP contribution in [0.5, 0.6) is 0 Å². The first-order chi connectivity index (χ1) is 39.9. The number of hydrogen-bond acceptors (Lipinski definition) is 20. The largest absolute Gasteiger partial charge is 1.00 e. The third-order valence-electron chi connectivity index (χ3n) is 12.1. The molecule has 0 aliphatic rings. The van der Waals surface area contributed by atoms with Crippen molar-refractivity contribution in [3.05, 3.63) is 189 Å². The van der Waals surface area contributed by atoms with Gasteiger partial charge in [0.2, 0.25) is 11.8 Å². The summed E-state index contributed by atoms with van der Waals surface area (Å²) in [6, 6.07) is 34.5. The Bertz CT molecular complexity index is 3620. The average Bonchev–Trinajstić information content (AvgIpc) is 4.52. The van der Waals surface area contributed by atoms with Crippen molar-refractivity contribution in [1.82, 2.24) is 31.2 Å². The number of amides is 4. The molecule has 0 aliphatic carbocycles. The minimum atomic E-state index is -4.45. The zero-order valence-electron chi connectivity index (χ0n) is 45.7. The van der Waals surface area contributed by atoms with E-state index < -0.39 is 69.4 Å². The molecule has 8 aromatic rings. The Morgan fingerprint density at radius 2 is 0.894 bits per heavy atom. The van der Waals surface area contributed by atoms with Gasteiger partial charge in [0.05, 0.1) is 66.0 Å². The number of carbonyl (C=O) groups is 6. The number of anilines is 2. The Morgan fingerprint density at radius 1 is 0.518 bits per heavy atom. The second kappa shape index (κ2) is 34.1. The molecular formula is C56H56N8NaO14S6-. The van der Waals surface area contributed by atoms with Gasteiger partial charge < -0.3 is 49.4 Å². The van der Waals surface area contributed by atoms with Crippen LogP contribution in [-0.4, -0.2) is 102 Å². The average molecular weight is 1280 g/mol. The number of aromatic nitrogens is 2. The van der Waals surface area contributed by atoms with E-state index in [1.807, 2.05) is 106 Å². The van der Waals surface area contributed by atoms with Crippen LogP contribution in [0.25, 0.3) is 19.8 Å². The number of ketones is 2. The van der Waals surface area contributed by atoms with Gasteiger partial charge in [0.25, 0.3) is 0 Å². The Balaban J connectivity index is 0.000000304. The summed E-state index contributed by atoms with van der Waals surface area (Å²) in [5.41, 5.74) is 4.57. The second-order valence-corrected chi connectivity index (χ2v) is 23.6. The van der Waals surface area contributed by atoms with Gasteiger partial charge in [-0.3, -0.25) is 28.5 Å².